The first-order valence-corrected chi connectivity index (χ1v) is 6.70. The van der Waals surface area contributed by atoms with Gasteiger partial charge in [-0.1, -0.05) is 0 Å². The number of carboxylic acid groups (broad SMARTS) is 1. The number of nitrogens with two attached hydrogens (primary N) is 2. The largest absolute Gasteiger partial charge is 0.480 e. The van der Waals surface area contributed by atoms with E-state index in [0.29, 0.717) is 5.69 Å². The highest BCUT2D eigenvalue weighted by atomic mass is 16.4. The Morgan fingerprint density at radius 2 is 2.14 bits per heavy atom. The molecule has 0 radical (unpaired) electrons. The smallest absolute Gasteiger partial charge is 0.320 e. The van der Waals surface area contributed by atoms with Crippen LogP contribution in [0.25, 0.3) is 0 Å². The van der Waals surface area contributed by atoms with Crippen molar-refractivity contribution in [2.24, 2.45) is 22.6 Å². The van der Waals surface area contributed by atoms with Crippen molar-refractivity contribution in [2.45, 2.75) is 18.9 Å². The zero-order valence-electron chi connectivity index (χ0n) is 11.9. The van der Waals surface area contributed by atoms with Crippen LogP contribution >= 0.6 is 0 Å². The normalized spacial score (nSPS) is 13.2. The molecule has 120 valence electrons. The number of rotatable bonds is 10. The van der Waals surface area contributed by atoms with Crippen molar-refractivity contribution >= 4 is 17.4 Å². The Labute approximate surface area is 127 Å². The Morgan fingerprint density at radius 1 is 1.41 bits per heavy atom. The standard InChI is InChI=1S/C13H19N5O4/c14-5-8(1-2-10(15)13(20)21)12(19)9-6-16-4-3-11(9)17-7-18-22/h3-4,6,8,10H,1-2,5,7,14-15H2,(H,16,17)(H,20,21)/t8?,10-/m0/s1. The average molecular weight is 309 g/mol. The fourth-order valence-corrected chi connectivity index (χ4v) is 1.94. The summed E-state index contributed by atoms with van der Waals surface area (Å²) in [4.78, 5) is 37.3. The number of hydrogen-bond donors (Lipinski definition) is 4. The van der Waals surface area contributed by atoms with Gasteiger partial charge in [0.2, 0.25) is 0 Å². The van der Waals surface area contributed by atoms with E-state index in [9.17, 15) is 14.5 Å². The molecule has 0 spiro atoms. The molecule has 0 saturated carbocycles. The van der Waals surface area contributed by atoms with Gasteiger partial charge in [-0.15, -0.1) is 4.91 Å². The molecule has 0 amide bonds. The van der Waals surface area contributed by atoms with Crippen LogP contribution in [0.5, 0.6) is 0 Å². The lowest BCUT2D eigenvalue weighted by molar-refractivity contribution is -0.138. The van der Waals surface area contributed by atoms with Crippen molar-refractivity contribution in [1.29, 1.82) is 0 Å². The SMILES string of the molecule is NCC(CC[C@H](N)C(=O)O)C(=O)c1cnccc1NCN=O. The zero-order chi connectivity index (χ0) is 16.5. The first kappa shape index (κ1) is 17.7. The van der Waals surface area contributed by atoms with Crippen LogP contribution in [0.2, 0.25) is 0 Å². The van der Waals surface area contributed by atoms with Gasteiger partial charge < -0.3 is 21.9 Å². The molecular formula is C13H19N5O4. The topological polar surface area (TPSA) is 161 Å². The fraction of sp³-hybridized carbons (Fsp3) is 0.462. The number of anilines is 1. The molecule has 0 aromatic carbocycles. The summed E-state index contributed by atoms with van der Waals surface area (Å²) >= 11 is 0. The van der Waals surface area contributed by atoms with E-state index in [2.05, 4.69) is 15.5 Å². The highest BCUT2D eigenvalue weighted by molar-refractivity contribution is 6.02. The van der Waals surface area contributed by atoms with E-state index in [-0.39, 0.29) is 37.4 Å². The van der Waals surface area contributed by atoms with Crippen molar-refractivity contribution in [3.05, 3.63) is 28.9 Å². The molecule has 1 rings (SSSR count). The maximum Gasteiger partial charge on any atom is 0.320 e. The lowest BCUT2D eigenvalue weighted by atomic mass is 9.92. The maximum atomic E-state index is 12.5. The van der Waals surface area contributed by atoms with Gasteiger partial charge in [0.1, 0.15) is 12.7 Å². The van der Waals surface area contributed by atoms with Gasteiger partial charge in [-0.25, -0.2) is 0 Å². The number of aromatic nitrogens is 1. The van der Waals surface area contributed by atoms with Crippen molar-refractivity contribution in [1.82, 2.24) is 4.98 Å². The Hall–Kier alpha value is -2.39. The molecule has 9 nitrogen and oxygen atoms in total. The summed E-state index contributed by atoms with van der Waals surface area (Å²) in [6.45, 7) is -0.118. The molecule has 2 atom stereocenters. The highest BCUT2D eigenvalue weighted by Gasteiger charge is 2.23. The van der Waals surface area contributed by atoms with E-state index in [4.69, 9.17) is 16.6 Å². The third-order valence-electron chi connectivity index (χ3n) is 3.22. The van der Waals surface area contributed by atoms with Gasteiger partial charge in [-0.3, -0.25) is 14.6 Å². The van der Waals surface area contributed by atoms with Crippen molar-refractivity contribution in [3.8, 4) is 0 Å². The Balaban J connectivity index is 2.83. The quantitative estimate of drug-likeness (QED) is 0.351. The minimum absolute atomic E-state index is 0.0609. The Bertz CT molecular complexity index is 537. The minimum Gasteiger partial charge on any atom is -0.480 e. The number of aliphatic carboxylic acids is 1. The van der Waals surface area contributed by atoms with Gasteiger partial charge in [0.05, 0.1) is 5.56 Å². The Kier molecular flexibility index (Phi) is 7.06. The van der Waals surface area contributed by atoms with Crippen LogP contribution in [0.4, 0.5) is 5.69 Å². The van der Waals surface area contributed by atoms with Crippen LogP contribution < -0.4 is 16.8 Å². The van der Waals surface area contributed by atoms with Gasteiger partial charge in [0.25, 0.3) is 0 Å². The van der Waals surface area contributed by atoms with Crippen LogP contribution in [0.1, 0.15) is 23.2 Å². The lowest BCUT2D eigenvalue weighted by Crippen LogP contribution is -2.33. The third-order valence-corrected chi connectivity index (χ3v) is 3.22. The Morgan fingerprint density at radius 3 is 2.73 bits per heavy atom. The molecule has 0 aliphatic rings. The van der Waals surface area contributed by atoms with E-state index >= 15 is 0 Å². The monoisotopic (exact) mass is 309 g/mol. The minimum atomic E-state index is -1.12. The lowest BCUT2D eigenvalue weighted by Gasteiger charge is -2.17. The first-order valence-electron chi connectivity index (χ1n) is 6.70. The van der Waals surface area contributed by atoms with E-state index < -0.39 is 17.9 Å². The number of ketones is 1. The predicted molar refractivity (Wildman–Crippen MR) is 80.2 cm³/mol. The van der Waals surface area contributed by atoms with Crippen LogP contribution in [0, 0.1) is 10.8 Å². The van der Waals surface area contributed by atoms with E-state index in [1.807, 2.05) is 0 Å². The third kappa shape index (κ3) is 4.86. The highest BCUT2D eigenvalue weighted by Crippen LogP contribution is 2.20. The fourth-order valence-electron chi connectivity index (χ4n) is 1.94. The second kappa shape index (κ2) is 8.80. The molecule has 22 heavy (non-hydrogen) atoms. The van der Waals surface area contributed by atoms with E-state index in [0.717, 1.165) is 0 Å². The average Bonchev–Trinajstić information content (AvgIpc) is 2.53. The summed E-state index contributed by atoms with van der Waals surface area (Å²) in [5, 5.41) is 14.1. The molecule has 1 heterocycles. The molecule has 6 N–H and O–H groups in total. The molecule has 1 unspecified atom stereocenters. The summed E-state index contributed by atoms with van der Waals surface area (Å²) in [5.74, 6) is -1.97. The number of Topliss-reactive ketones (excluding diaryl/α,β-unsaturated/α-hetero) is 1. The van der Waals surface area contributed by atoms with Gasteiger partial charge in [0, 0.05) is 30.5 Å². The van der Waals surface area contributed by atoms with Gasteiger partial charge >= 0.3 is 5.97 Å². The number of carbonyl (C=O) groups is 2. The summed E-state index contributed by atoms with van der Waals surface area (Å²) < 4.78 is 0. The van der Waals surface area contributed by atoms with Gasteiger partial charge in [0.15, 0.2) is 5.78 Å². The van der Waals surface area contributed by atoms with Gasteiger partial charge in [-0.05, 0) is 24.1 Å². The number of nitroso groups, excluding NO2 is 1. The van der Waals surface area contributed by atoms with Crippen LogP contribution in [0.3, 0.4) is 0 Å². The van der Waals surface area contributed by atoms with Crippen molar-refractivity contribution in [2.75, 3.05) is 18.5 Å². The molecule has 1 aromatic heterocycles. The van der Waals surface area contributed by atoms with Crippen LogP contribution in [-0.2, 0) is 4.79 Å². The molecule has 0 saturated heterocycles. The summed E-state index contributed by atoms with van der Waals surface area (Å²) in [7, 11) is 0. The first-order chi connectivity index (χ1) is 10.5. The molecule has 0 bridgehead atoms. The number of hydrogen-bond acceptors (Lipinski definition) is 8. The number of carbonyl (C=O) groups excluding carboxylic acids is 1. The number of nitrogens with zero attached hydrogens (tertiary/aromatic N) is 2. The second-order valence-corrected chi connectivity index (χ2v) is 4.70. The van der Waals surface area contributed by atoms with Gasteiger partial charge in [-0.2, -0.15) is 0 Å². The molecular weight excluding hydrogens is 290 g/mol. The number of nitrogens with one attached hydrogen (secondary N) is 1. The van der Waals surface area contributed by atoms with E-state index in [1.165, 1.54) is 12.4 Å². The molecule has 0 aliphatic heterocycles. The second-order valence-electron chi connectivity index (χ2n) is 4.70. The van der Waals surface area contributed by atoms with Crippen LogP contribution in [0.15, 0.2) is 23.6 Å². The number of pyridine rings is 1. The summed E-state index contributed by atoms with van der Waals surface area (Å²) in [5.41, 5.74) is 11.7. The zero-order valence-corrected chi connectivity index (χ0v) is 11.9. The molecule has 1 aromatic rings. The van der Waals surface area contributed by atoms with Crippen LogP contribution in [-0.4, -0.2) is 41.1 Å². The van der Waals surface area contributed by atoms with Crippen molar-refractivity contribution in [3.63, 3.8) is 0 Å². The predicted octanol–water partition coefficient (Wildman–Crippen LogP) is 0.167. The summed E-state index contributed by atoms with van der Waals surface area (Å²) in [6.07, 6.45) is 3.24. The maximum absolute atomic E-state index is 12.5. The number of carboxylic acids is 1. The summed E-state index contributed by atoms with van der Waals surface area (Å²) in [6, 6.07) is 0.516. The molecule has 0 aliphatic carbocycles. The van der Waals surface area contributed by atoms with E-state index in [1.54, 1.807) is 6.07 Å². The van der Waals surface area contributed by atoms with Crippen molar-refractivity contribution < 1.29 is 14.7 Å². The molecule has 9 heteroatoms. The molecule has 0 fully saturated rings.